The highest BCUT2D eigenvalue weighted by Gasteiger charge is 2.35. The van der Waals surface area contributed by atoms with Gasteiger partial charge in [-0.25, -0.2) is 0 Å². The average molecular weight is 409 g/mol. The van der Waals surface area contributed by atoms with E-state index in [4.69, 9.17) is 21.7 Å². The molecule has 1 aliphatic rings. The van der Waals surface area contributed by atoms with Crippen molar-refractivity contribution in [1.82, 2.24) is 4.90 Å². The van der Waals surface area contributed by atoms with Crippen molar-refractivity contribution in [3.05, 3.63) is 28.7 Å². The molecule has 0 aliphatic carbocycles. The molecule has 1 heterocycles. The summed E-state index contributed by atoms with van der Waals surface area (Å²) in [5.74, 6) is -0.581. The van der Waals surface area contributed by atoms with Crippen LogP contribution in [-0.4, -0.2) is 40.9 Å². The molecule has 146 valence electrons. The fourth-order valence-corrected chi connectivity index (χ4v) is 3.92. The van der Waals surface area contributed by atoms with Crippen molar-refractivity contribution in [3.8, 4) is 11.5 Å². The third-order valence-corrected chi connectivity index (χ3v) is 5.37. The topological polar surface area (TPSA) is 78.9 Å². The van der Waals surface area contributed by atoms with Crippen LogP contribution in [0.25, 0.3) is 6.08 Å². The largest absolute Gasteiger partial charge is 0.548 e. The van der Waals surface area contributed by atoms with Gasteiger partial charge in [0.15, 0.2) is 11.5 Å². The molecule has 0 bridgehead atoms. The van der Waals surface area contributed by atoms with Gasteiger partial charge in [-0.1, -0.05) is 49.8 Å². The number of aliphatic carboxylic acids is 1. The molecule has 1 amide bonds. The number of ether oxygens (including phenoxy) is 2. The number of nitrogens with zero attached hydrogens (tertiary/aromatic N) is 1. The smallest absolute Gasteiger partial charge is 0.266 e. The van der Waals surface area contributed by atoms with Crippen LogP contribution in [0.1, 0.15) is 38.7 Å². The zero-order valence-electron chi connectivity index (χ0n) is 15.5. The van der Waals surface area contributed by atoms with Gasteiger partial charge in [0.1, 0.15) is 4.32 Å². The van der Waals surface area contributed by atoms with Crippen molar-refractivity contribution in [3.63, 3.8) is 0 Å². The molecule has 1 saturated heterocycles. The quantitative estimate of drug-likeness (QED) is 0.353. The summed E-state index contributed by atoms with van der Waals surface area (Å²) in [7, 11) is 1.55. The van der Waals surface area contributed by atoms with Crippen LogP contribution in [0.5, 0.6) is 11.5 Å². The van der Waals surface area contributed by atoms with Crippen molar-refractivity contribution >= 4 is 46.3 Å². The lowest BCUT2D eigenvalue weighted by molar-refractivity contribution is -0.309. The minimum absolute atomic E-state index is 0.200. The number of thiocarbonyl (C=S) groups is 1. The molecule has 1 aromatic carbocycles. The van der Waals surface area contributed by atoms with Gasteiger partial charge in [-0.15, -0.1) is 0 Å². The van der Waals surface area contributed by atoms with E-state index in [0.717, 1.165) is 41.5 Å². The molecule has 1 fully saturated rings. The van der Waals surface area contributed by atoms with Gasteiger partial charge in [-0.3, -0.25) is 9.69 Å². The lowest BCUT2D eigenvalue weighted by Gasteiger charge is -2.23. The Bertz CT molecular complexity index is 762. The first-order valence-corrected chi connectivity index (χ1v) is 9.90. The highest BCUT2D eigenvalue weighted by atomic mass is 32.2. The molecule has 8 heteroatoms. The van der Waals surface area contributed by atoms with Gasteiger partial charge in [0, 0.05) is 0 Å². The second-order valence-electron chi connectivity index (χ2n) is 6.01. The third kappa shape index (κ3) is 5.23. The summed E-state index contributed by atoms with van der Waals surface area (Å²) >= 11 is 6.20. The molecule has 0 saturated carbocycles. The van der Waals surface area contributed by atoms with Crippen molar-refractivity contribution in [2.45, 2.75) is 39.2 Å². The Morgan fingerprint density at radius 1 is 1.37 bits per heavy atom. The Labute approximate surface area is 168 Å². The second-order valence-corrected chi connectivity index (χ2v) is 7.69. The number of carboxylic acids is 1. The number of carboxylic acid groups (broad SMARTS) is 1. The predicted molar refractivity (Wildman–Crippen MR) is 107 cm³/mol. The summed E-state index contributed by atoms with van der Waals surface area (Å²) in [6, 6.07) is 4.26. The number of hydrogen-bond acceptors (Lipinski definition) is 7. The van der Waals surface area contributed by atoms with Crippen LogP contribution < -0.4 is 14.6 Å². The van der Waals surface area contributed by atoms with Crippen molar-refractivity contribution in [2.75, 3.05) is 13.7 Å². The molecule has 0 aromatic heterocycles. The van der Waals surface area contributed by atoms with Crippen LogP contribution in [0, 0.1) is 0 Å². The van der Waals surface area contributed by atoms with Gasteiger partial charge in [-0.2, -0.15) is 0 Å². The fourth-order valence-electron chi connectivity index (χ4n) is 2.50. The highest BCUT2D eigenvalue weighted by molar-refractivity contribution is 8.26. The Morgan fingerprint density at radius 2 is 2.11 bits per heavy atom. The van der Waals surface area contributed by atoms with Crippen LogP contribution >= 0.6 is 24.0 Å². The predicted octanol–water partition coefficient (Wildman–Crippen LogP) is 2.60. The number of unbranched alkanes of at least 4 members (excludes halogenated alkanes) is 2. The zero-order chi connectivity index (χ0) is 20.0. The first-order chi connectivity index (χ1) is 12.9. The van der Waals surface area contributed by atoms with E-state index in [0.29, 0.717) is 23.0 Å². The zero-order valence-corrected chi connectivity index (χ0v) is 17.2. The lowest BCUT2D eigenvalue weighted by atomic mass is 10.1. The van der Waals surface area contributed by atoms with Crippen molar-refractivity contribution in [1.29, 1.82) is 0 Å². The summed E-state index contributed by atoms with van der Waals surface area (Å²) < 4.78 is 11.3. The fraction of sp³-hybridized carbons (Fsp3) is 0.421. The maximum Gasteiger partial charge on any atom is 0.266 e. The van der Waals surface area contributed by atoms with Crippen molar-refractivity contribution < 1.29 is 24.2 Å². The van der Waals surface area contributed by atoms with Crippen LogP contribution in [0.3, 0.4) is 0 Å². The number of carbonyl (C=O) groups is 2. The van der Waals surface area contributed by atoms with E-state index in [1.54, 1.807) is 25.3 Å². The van der Waals surface area contributed by atoms with E-state index in [2.05, 4.69) is 6.92 Å². The first-order valence-electron chi connectivity index (χ1n) is 8.67. The van der Waals surface area contributed by atoms with Gasteiger partial charge in [0.05, 0.1) is 30.6 Å². The number of hydrogen-bond donors (Lipinski definition) is 0. The molecule has 0 unspecified atom stereocenters. The molecule has 1 aliphatic heterocycles. The Kier molecular flexibility index (Phi) is 7.67. The molecule has 27 heavy (non-hydrogen) atoms. The average Bonchev–Trinajstić information content (AvgIpc) is 2.92. The molecule has 0 radical (unpaired) electrons. The maximum absolute atomic E-state index is 12.5. The minimum Gasteiger partial charge on any atom is -0.548 e. The van der Waals surface area contributed by atoms with E-state index < -0.39 is 17.9 Å². The Morgan fingerprint density at radius 3 is 2.74 bits per heavy atom. The van der Waals surface area contributed by atoms with Crippen LogP contribution in [0.15, 0.2) is 23.1 Å². The summed E-state index contributed by atoms with van der Waals surface area (Å²) in [6.45, 7) is 4.12. The minimum atomic E-state index is -1.35. The molecule has 6 nitrogen and oxygen atoms in total. The van der Waals surface area contributed by atoms with E-state index in [9.17, 15) is 14.7 Å². The number of rotatable bonds is 9. The second kappa shape index (κ2) is 9.75. The lowest BCUT2D eigenvalue weighted by Crippen LogP contribution is -2.48. The molecule has 1 atom stereocenters. The summed E-state index contributed by atoms with van der Waals surface area (Å²) in [5, 5.41) is 11.1. The van der Waals surface area contributed by atoms with Gasteiger partial charge in [0.2, 0.25) is 0 Å². The monoisotopic (exact) mass is 408 g/mol. The van der Waals surface area contributed by atoms with E-state index in [1.165, 1.54) is 6.92 Å². The molecule has 0 spiro atoms. The van der Waals surface area contributed by atoms with Crippen molar-refractivity contribution in [2.24, 2.45) is 0 Å². The first kappa shape index (κ1) is 21.2. The van der Waals surface area contributed by atoms with Crippen LogP contribution in [-0.2, 0) is 9.59 Å². The third-order valence-electron chi connectivity index (χ3n) is 4.04. The van der Waals surface area contributed by atoms with Gasteiger partial charge < -0.3 is 19.4 Å². The Balaban J connectivity index is 2.17. The summed E-state index contributed by atoms with van der Waals surface area (Å²) in [5.41, 5.74) is 0.731. The van der Waals surface area contributed by atoms with E-state index in [1.807, 2.05) is 6.07 Å². The standard InChI is InChI=1S/C19H23NO5S2/c1-4-5-6-9-25-14-8-7-13(10-15(14)24-3)11-16-17(21)20(19(26)27-16)12(2)18(22)23/h7-8,10-12H,4-6,9H2,1-3H3,(H,22,23)/p-1/b16-11-/t12-/m1/s1. The summed E-state index contributed by atoms with van der Waals surface area (Å²) in [4.78, 5) is 25.0. The molecule has 2 rings (SSSR count). The number of benzene rings is 1. The van der Waals surface area contributed by atoms with Gasteiger partial charge in [0.25, 0.3) is 5.91 Å². The summed E-state index contributed by atoms with van der Waals surface area (Å²) in [6.07, 6.45) is 4.85. The highest BCUT2D eigenvalue weighted by Crippen LogP contribution is 2.35. The van der Waals surface area contributed by atoms with Crippen LogP contribution in [0.4, 0.5) is 0 Å². The van der Waals surface area contributed by atoms with E-state index >= 15 is 0 Å². The van der Waals surface area contributed by atoms with Crippen LogP contribution in [0.2, 0.25) is 0 Å². The normalized spacial score (nSPS) is 16.7. The Hall–Kier alpha value is -2.06. The number of amides is 1. The molecular formula is C19H22NO5S2-. The van der Waals surface area contributed by atoms with Gasteiger partial charge in [-0.05, 0) is 37.1 Å². The molecule has 0 N–H and O–H groups in total. The molecular weight excluding hydrogens is 386 g/mol. The number of thioether (sulfide) groups is 1. The maximum atomic E-state index is 12.5. The molecule has 1 aromatic rings. The number of methoxy groups -OCH3 is 1. The SMILES string of the molecule is CCCCCOc1ccc(/C=C2\SC(=S)N([C@H](C)C(=O)[O-])C2=O)cc1OC. The van der Waals surface area contributed by atoms with Gasteiger partial charge >= 0.3 is 0 Å². The number of carbonyl (C=O) groups excluding carboxylic acids is 2. The van der Waals surface area contributed by atoms with E-state index in [-0.39, 0.29) is 4.32 Å².